The molecule has 0 bridgehead atoms. The van der Waals surface area contributed by atoms with Crippen LogP contribution in [-0.4, -0.2) is 16.3 Å². The van der Waals surface area contributed by atoms with E-state index in [9.17, 15) is 10.2 Å². The van der Waals surface area contributed by atoms with E-state index in [2.05, 4.69) is 19.9 Å². The lowest BCUT2D eigenvalue weighted by molar-refractivity contribution is -0.0394. The molecule has 2 N–H and O–H groups in total. The van der Waals surface area contributed by atoms with Gasteiger partial charge in [-0.15, -0.1) is 0 Å². The molecule has 1 unspecified atom stereocenters. The molecule has 1 aromatic carbocycles. The Morgan fingerprint density at radius 1 is 1.22 bits per heavy atom. The van der Waals surface area contributed by atoms with Gasteiger partial charge >= 0.3 is 0 Å². The van der Waals surface area contributed by atoms with Crippen LogP contribution in [0, 0.1) is 23.2 Å². The molecule has 2 fully saturated rings. The van der Waals surface area contributed by atoms with Crippen molar-refractivity contribution in [1.29, 1.82) is 0 Å². The van der Waals surface area contributed by atoms with Gasteiger partial charge in [0.1, 0.15) is 5.75 Å². The number of aliphatic hydroxyl groups excluding tert-OH is 1. The molecule has 0 heterocycles. The number of hydrogen-bond acceptors (Lipinski definition) is 2. The number of rotatable bonds is 2. The van der Waals surface area contributed by atoms with Crippen LogP contribution >= 0.6 is 0 Å². The maximum Gasteiger partial charge on any atom is 0.115 e. The number of benzene rings is 1. The first kappa shape index (κ1) is 15.5. The van der Waals surface area contributed by atoms with Gasteiger partial charge in [0.2, 0.25) is 0 Å². The van der Waals surface area contributed by atoms with Gasteiger partial charge in [-0.3, -0.25) is 0 Å². The van der Waals surface area contributed by atoms with Gasteiger partial charge in [0, 0.05) is 0 Å². The Bertz CT molecular complexity index is 596. The van der Waals surface area contributed by atoms with Crippen molar-refractivity contribution in [2.45, 2.75) is 70.8 Å². The minimum atomic E-state index is -0.100. The molecule has 0 spiro atoms. The van der Waals surface area contributed by atoms with E-state index in [0.717, 1.165) is 25.2 Å². The molecule has 6 atom stereocenters. The summed E-state index contributed by atoms with van der Waals surface area (Å²) >= 11 is 0. The summed E-state index contributed by atoms with van der Waals surface area (Å²) in [5, 5.41) is 20.5. The fourth-order valence-electron chi connectivity index (χ4n) is 6.40. The molecular formula is C21H30O2. The molecule has 3 aliphatic rings. The van der Waals surface area contributed by atoms with Crippen LogP contribution in [0.4, 0.5) is 0 Å². The first-order chi connectivity index (χ1) is 11.0. The highest BCUT2D eigenvalue weighted by Gasteiger charge is 2.56. The maximum atomic E-state index is 10.6. The molecule has 3 aliphatic carbocycles. The zero-order valence-electron chi connectivity index (χ0n) is 14.5. The predicted octanol–water partition coefficient (Wildman–Crippen LogP) is 4.64. The van der Waals surface area contributed by atoms with Gasteiger partial charge < -0.3 is 10.2 Å². The van der Waals surface area contributed by atoms with Crippen molar-refractivity contribution in [3.05, 3.63) is 29.3 Å². The highest BCUT2D eigenvalue weighted by atomic mass is 16.3. The monoisotopic (exact) mass is 314 g/mol. The van der Waals surface area contributed by atoms with E-state index in [1.807, 2.05) is 12.1 Å². The third kappa shape index (κ3) is 2.25. The summed E-state index contributed by atoms with van der Waals surface area (Å²) in [6.07, 6.45) is 8.07. The number of hydrogen-bond donors (Lipinski definition) is 2. The van der Waals surface area contributed by atoms with Crippen LogP contribution in [0.3, 0.4) is 0 Å². The van der Waals surface area contributed by atoms with E-state index in [1.54, 1.807) is 0 Å². The molecule has 2 nitrogen and oxygen atoms in total. The van der Waals surface area contributed by atoms with Crippen molar-refractivity contribution in [3.63, 3.8) is 0 Å². The predicted molar refractivity (Wildman–Crippen MR) is 92.5 cm³/mol. The first-order valence-corrected chi connectivity index (χ1v) is 9.54. The van der Waals surface area contributed by atoms with Crippen molar-refractivity contribution in [2.24, 2.45) is 23.2 Å². The van der Waals surface area contributed by atoms with Crippen LogP contribution in [0.1, 0.15) is 69.4 Å². The van der Waals surface area contributed by atoms with E-state index < -0.39 is 0 Å². The van der Waals surface area contributed by atoms with Crippen molar-refractivity contribution < 1.29 is 10.2 Å². The molecule has 23 heavy (non-hydrogen) atoms. The van der Waals surface area contributed by atoms with Gasteiger partial charge in [-0.1, -0.05) is 32.8 Å². The molecule has 2 saturated carbocycles. The minimum absolute atomic E-state index is 0.100. The van der Waals surface area contributed by atoms with E-state index in [-0.39, 0.29) is 11.5 Å². The summed E-state index contributed by atoms with van der Waals surface area (Å²) in [7, 11) is 0. The largest absolute Gasteiger partial charge is 0.508 e. The Morgan fingerprint density at radius 2 is 2.04 bits per heavy atom. The lowest BCUT2D eigenvalue weighted by Crippen LogP contribution is -2.47. The van der Waals surface area contributed by atoms with Gasteiger partial charge in [0.25, 0.3) is 0 Å². The molecule has 0 saturated heterocycles. The molecule has 0 radical (unpaired) electrons. The fourth-order valence-corrected chi connectivity index (χ4v) is 6.40. The van der Waals surface area contributed by atoms with E-state index >= 15 is 0 Å². The van der Waals surface area contributed by atoms with Crippen LogP contribution in [0.15, 0.2) is 18.2 Å². The van der Waals surface area contributed by atoms with Gasteiger partial charge in [-0.2, -0.15) is 0 Å². The third-order valence-electron chi connectivity index (χ3n) is 7.49. The van der Waals surface area contributed by atoms with Crippen LogP contribution in [0.5, 0.6) is 5.75 Å². The number of phenols is 1. The fraction of sp³-hybridized carbons (Fsp3) is 0.714. The lowest BCUT2D eigenvalue weighted by Gasteiger charge is -2.53. The summed E-state index contributed by atoms with van der Waals surface area (Å²) in [4.78, 5) is 0. The maximum absolute atomic E-state index is 10.6. The number of phenolic OH excluding ortho intramolecular Hbond substituents is 1. The minimum Gasteiger partial charge on any atom is -0.508 e. The summed E-state index contributed by atoms with van der Waals surface area (Å²) in [5.41, 5.74) is 3.01. The third-order valence-corrected chi connectivity index (χ3v) is 7.49. The average molecular weight is 314 g/mol. The number of aliphatic hydroxyl groups is 1. The van der Waals surface area contributed by atoms with Crippen LogP contribution in [0.2, 0.25) is 0 Å². The van der Waals surface area contributed by atoms with Crippen molar-refractivity contribution >= 4 is 0 Å². The topological polar surface area (TPSA) is 40.5 Å². The molecule has 0 amide bonds. The van der Waals surface area contributed by atoms with Gasteiger partial charge in [-0.05, 0) is 84.5 Å². The normalized spacial score (nSPS) is 42.0. The SMILES string of the molecule is CCCC1Cc2cc(O)ccc2[C@H]2CC[C@]3(C)[C@H](O)CC[C@H]3[C@H]12. The molecule has 1 aromatic rings. The summed E-state index contributed by atoms with van der Waals surface area (Å²) in [6, 6.07) is 6.05. The number of fused-ring (bicyclic) bond motifs is 5. The number of aromatic hydroxyl groups is 1. The van der Waals surface area contributed by atoms with Crippen molar-refractivity contribution in [2.75, 3.05) is 0 Å². The molecule has 4 rings (SSSR count). The molecule has 0 aliphatic heterocycles. The van der Waals surface area contributed by atoms with Gasteiger partial charge in [-0.25, -0.2) is 0 Å². The zero-order chi connectivity index (χ0) is 16.2. The second-order valence-corrected chi connectivity index (χ2v) is 8.56. The Labute approximate surface area is 139 Å². The quantitative estimate of drug-likeness (QED) is 0.835. The molecular weight excluding hydrogens is 284 g/mol. The Morgan fingerprint density at radius 3 is 2.83 bits per heavy atom. The molecule has 0 aromatic heterocycles. The van der Waals surface area contributed by atoms with Crippen LogP contribution < -0.4 is 0 Å². The second kappa shape index (κ2) is 5.51. The highest BCUT2D eigenvalue weighted by Crippen LogP contribution is 2.62. The van der Waals surface area contributed by atoms with E-state index in [0.29, 0.717) is 23.5 Å². The standard InChI is InChI=1S/C21H30O2/c1-3-4-13-11-14-12-15(22)5-6-16(14)17-9-10-21(2)18(20(13)17)7-8-19(21)23/h5-6,12-13,17-20,22-23H,3-4,7-11H2,1-2H3/t13?,17-,18+,19-,20-,21+/m1/s1. The first-order valence-electron chi connectivity index (χ1n) is 9.54. The van der Waals surface area contributed by atoms with E-state index in [4.69, 9.17) is 0 Å². The highest BCUT2D eigenvalue weighted by molar-refractivity contribution is 5.40. The lowest BCUT2D eigenvalue weighted by atomic mass is 9.52. The molecule has 2 heteroatoms. The second-order valence-electron chi connectivity index (χ2n) is 8.56. The van der Waals surface area contributed by atoms with Crippen LogP contribution in [-0.2, 0) is 6.42 Å². The summed E-state index contributed by atoms with van der Waals surface area (Å²) in [6.45, 7) is 4.64. The average Bonchev–Trinajstić information content (AvgIpc) is 2.83. The van der Waals surface area contributed by atoms with Crippen LogP contribution in [0.25, 0.3) is 0 Å². The Hall–Kier alpha value is -1.02. The Balaban J connectivity index is 1.76. The van der Waals surface area contributed by atoms with E-state index in [1.165, 1.54) is 36.8 Å². The van der Waals surface area contributed by atoms with Crippen molar-refractivity contribution in [3.8, 4) is 5.75 Å². The van der Waals surface area contributed by atoms with Gasteiger partial charge in [0.05, 0.1) is 6.10 Å². The van der Waals surface area contributed by atoms with Gasteiger partial charge in [0.15, 0.2) is 0 Å². The molecule has 126 valence electrons. The Kier molecular flexibility index (Phi) is 3.72. The summed E-state index contributed by atoms with van der Waals surface area (Å²) in [5.74, 6) is 3.17. The zero-order valence-corrected chi connectivity index (χ0v) is 14.5. The van der Waals surface area contributed by atoms with Crippen molar-refractivity contribution in [1.82, 2.24) is 0 Å². The summed E-state index contributed by atoms with van der Waals surface area (Å²) < 4.78 is 0. The smallest absolute Gasteiger partial charge is 0.115 e.